The van der Waals surface area contributed by atoms with E-state index in [0.717, 1.165) is 26.2 Å². The fourth-order valence-electron chi connectivity index (χ4n) is 2.14. The maximum absolute atomic E-state index is 12.2. The van der Waals surface area contributed by atoms with Crippen molar-refractivity contribution in [3.63, 3.8) is 0 Å². The van der Waals surface area contributed by atoms with Crippen LogP contribution in [0.2, 0.25) is 0 Å². The second-order valence-electron chi connectivity index (χ2n) is 4.60. The van der Waals surface area contributed by atoms with Gasteiger partial charge in [0.15, 0.2) is 0 Å². The summed E-state index contributed by atoms with van der Waals surface area (Å²) in [6.45, 7) is 4.75. The van der Waals surface area contributed by atoms with E-state index in [1.165, 1.54) is 12.1 Å². The molecule has 2 N–H and O–H groups in total. The van der Waals surface area contributed by atoms with Gasteiger partial charge in [0, 0.05) is 39.3 Å². The molecule has 6 nitrogen and oxygen atoms in total. The second kappa shape index (κ2) is 6.81. The van der Waals surface area contributed by atoms with Gasteiger partial charge in [-0.2, -0.15) is 5.26 Å². The van der Waals surface area contributed by atoms with Crippen LogP contribution >= 0.6 is 0 Å². The molecule has 7 heteroatoms. The molecule has 1 saturated heterocycles. The van der Waals surface area contributed by atoms with E-state index in [0.29, 0.717) is 13.1 Å². The van der Waals surface area contributed by atoms with Crippen molar-refractivity contribution < 1.29 is 8.42 Å². The van der Waals surface area contributed by atoms with Crippen LogP contribution in [0.4, 0.5) is 0 Å². The van der Waals surface area contributed by atoms with E-state index in [2.05, 4.69) is 14.9 Å². The number of nitriles is 1. The Bertz CT molecular complexity index is 589. The summed E-state index contributed by atoms with van der Waals surface area (Å²) in [6, 6.07) is 8.13. The topological polar surface area (TPSA) is 85.2 Å². The van der Waals surface area contributed by atoms with Gasteiger partial charge in [-0.05, 0) is 12.1 Å². The van der Waals surface area contributed by atoms with Gasteiger partial charge >= 0.3 is 0 Å². The van der Waals surface area contributed by atoms with Crippen molar-refractivity contribution in [1.82, 2.24) is 14.9 Å². The molecule has 2 rings (SSSR count). The number of hydrogen-bond acceptors (Lipinski definition) is 5. The van der Waals surface area contributed by atoms with E-state index in [9.17, 15) is 8.42 Å². The van der Waals surface area contributed by atoms with Gasteiger partial charge in [-0.1, -0.05) is 12.1 Å². The Balaban J connectivity index is 1.95. The zero-order valence-corrected chi connectivity index (χ0v) is 12.0. The molecule has 1 aliphatic rings. The number of nitrogens with one attached hydrogen (secondary N) is 2. The number of nitrogens with zero attached hydrogens (tertiary/aromatic N) is 2. The lowest BCUT2D eigenvalue weighted by Gasteiger charge is -2.27. The van der Waals surface area contributed by atoms with Crippen molar-refractivity contribution in [2.24, 2.45) is 0 Å². The van der Waals surface area contributed by atoms with Crippen molar-refractivity contribution in [2.45, 2.75) is 4.90 Å². The monoisotopic (exact) mass is 294 g/mol. The van der Waals surface area contributed by atoms with E-state index in [4.69, 9.17) is 5.26 Å². The van der Waals surface area contributed by atoms with Crippen molar-refractivity contribution in [1.29, 1.82) is 5.26 Å². The van der Waals surface area contributed by atoms with Crippen LogP contribution in [0.3, 0.4) is 0 Å². The third kappa shape index (κ3) is 3.77. The van der Waals surface area contributed by atoms with Crippen LogP contribution < -0.4 is 10.0 Å². The average molecular weight is 294 g/mol. The maximum atomic E-state index is 12.2. The Morgan fingerprint density at radius 3 is 2.70 bits per heavy atom. The Labute approximate surface area is 119 Å². The van der Waals surface area contributed by atoms with Gasteiger partial charge < -0.3 is 5.32 Å². The summed E-state index contributed by atoms with van der Waals surface area (Å²) in [6.07, 6.45) is 0. The standard InChI is InChI=1S/C13H18N4O2S/c14-11-12-3-1-2-4-13(12)20(18,19)16-7-10-17-8-5-15-6-9-17/h1-4,15-16H,5-10H2. The molecule has 0 radical (unpaired) electrons. The van der Waals surface area contributed by atoms with Crippen LogP contribution in [-0.4, -0.2) is 52.6 Å². The van der Waals surface area contributed by atoms with Gasteiger partial charge in [0.2, 0.25) is 10.0 Å². The van der Waals surface area contributed by atoms with Crippen LogP contribution in [0.15, 0.2) is 29.2 Å². The van der Waals surface area contributed by atoms with Gasteiger partial charge in [0.1, 0.15) is 6.07 Å². The van der Waals surface area contributed by atoms with Crippen LogP contribution in [0.1, 0.15) is 5.56 Å². The quantitative estimate of drug-likeness (QED) is 0.781. The molecule has 0 unspecified atom stereocenters. The van der Waals surface area contributed by atoms with Crippen LogP contribution in [0.5, 0.6) is 0 Å². The van der Waals surface area contributed by atoms with Crippen molar-refractivity contribution in [3.05, 3.63) is 29.8 Å². The minimum absolute atomic E-state index is 0.0443. The molecule has 1 aromatic carbocycles. The SMILES string of the molecule is N#Cc1ccccc1S(=O)(=O)NCCN1CCNCC1. The fraction of sp³-hybridized carbons (Fsp3) is 0.462. The van der Waals surface area contributed by atoms with Crippen molar-refractivity contribution in [2.75, 3.05) is 39.3 Å². The Kier molecular flexibility index (Phi) is 5.09. The maximum Gasteiger partial charge on any atom is 0.241 e. The lowest BCUT2D eigenvalue weighted by atomic mass is 10.2. The molecule has 0 saturated carbocycles. The van der Waals surface area contributed by atoms with Gasteiger partial charge in [-0.15, -0.1) is 0 Å². The molecule has 0 aliphatic carbocycles. The summed E-state index contributed by atoms with van der Waals surface area (Å²) in [7, 11) is -3.62. The van der Waals surface area contributed by atoms with Gasteiger partial charge in [0.25, 0.3) is 0 Å². The number of hydrogen-bond donors (Lipinski definition) is 2. The summed E-state index contributed by atoms with van der Waals surface area (Å²) in [5, 5.41) is 12.2. The molecule has 20 heavy (non-hydrogen) atoms. The van der Waals surface area contributed by atoms with E-state index in [1.54, 1.807) is 12.1 Å². The highest BCUT2D eigenvalue weighted by atomic mass is 32.2. The number of piperazine rings is 1. The van der Waals surface area contributed by atoms with E-state index in [1.807, 2.05) is 6.07 Å². The third-order valence-electron chi connectivity index (χ3n) is 3.23. The molecule has 108 valence electrons. The highest BCUT2D eigenvalue weighted by Crippen LogP contribution is 2.13. The molecule has 0 amide bonds. The first-order valence-corrected chi connectivity index (χ1v) is 8.04. The lowest BCUT2D eigenvalue weighted by Crippen LogP contribution is -2.46. The zero-order valence-electron chi connectivity index (χ0n) is 11.2. The molecule has 0 bridgehead atoms. The normalized spacial score (nSPS) is 16.8. The summed E-state index contributed by atoms with van der Waals surface area (Å²) in [5.41, 5.74) is 0.169. The van der Waals surface area contributed by atoms with Gasteiger partial charge in [-0.25, -0.2) is 13.1 Å². The molecule has 1 aromatic rings. The Morgan fingerprint density at radius 2 is 2.00 bits per heavy atom. The molecule has 0 aromatic heterocycles. The van der Waals surface area contributed by atoms with Crippen LogP contribution in [0.25, 0.3) is 0 Å². The second-order valence-corrected chi connectivity index (χ2v) is 6.33. The predicted octanol–water partition coefficient (Wildman–Crippen LogP) is -0.258. The zero-order chi connectivity index (χ0) is 14.4. The summed E-state index contributed by atoms with van der Waals surface area (Å²) < 4.78 is 26.9. The number of rotatable bonds is 5. The fourth-order valence-corrected chi connectivity index (χ4v) is 3.32. The van der Waals surface area contributed by atoms with Crippen molar-refractivity contribution >= 4 is 10.0 Å². The molecular formula is C13H18N4O2S. The predicted molar refractivity (Wildman–Crippen MR) is 75.7 cm³/mol. The minimum atomic E-state index is -3.62. The largest absolute Gasteiger partial charge is 0.314 e. The third-order valence-corrected chi connectivity index (χ3v) is 4.75. The number of sulfonamides is 1. The molecule has 0 spiro atoms. The van der Waals surface area contributed by atoms with Crippen molar-refractivity contribution in [3.8, 4) is 6.07 Å². The first-order chi connectivity index (χ1) is 9.63. The van der Waals surface area contributed by atoms with Gasteiger partial charge in [0.05, 0.1) is 10.5 Å². The first kappa shape index (κ1) is 14.9. The smallest absolute Gasteiger partial charge is 0.241 e. The molecule has 1 fully saturated rings. The summed E-state index contributed by atoms with van der Waals surface area (Å²) in [5.74, 6) is 0. The highest BCUT2D eigenvalue weighted by molar-refractivity contribution is 7.89. The van der Waals surface area contributed by atoms with Gasteiger partial charge in [-0.3, -0.25) is 4.90 Å². The first-order valence-electron chi connectivity index (χ1n) is 6.55. The molecular weight excluding hydrogens is 276 g/mol. The molecule has 0 atom stereocenters. The Hall–Kier alpha value is -1.46. The summed E-state index contributed by atoms with van der Waals surface area (Å²) >= 11 is 0. The number of benzene rings is 1. The van der Waals surface area contributed by atoms with Crippen LogP contribution in [-0.2, 0) is 10.0 Å². The molecule has 1 aliphatic heterocycles. The van der Waals surface area contributed by atoms with E-state index >= 15 is 0 Å². The average Bonchev–Trinajstić information content (AvgIpc) is 2.48. The highest BCUT2D eigenvalue weighted by Gasteiger charge is 2.18. The minimum Gasteiger partial charge on any atom is -0.314 e. The molecule has 1 heterocycles. The van der Waals surface area contributed by atoms with E-state index < -0.39 is 10.0 Å². The van der Waals surface area contributed by atoms with E-state index in [-0.39, 0.29) is 10.5 Å². The van der Waals surface area contributed by atoms with Crippen LogP contribution in [0, 0.1) is 11.3 Å². The Morgan fingerprint density at radius 1 is 1.30 bits per heavy atom. The lowest BCUT2D eigenvalue weighted by molar-refractivity contribution is 0.245. The summed E-state index contributed by atoms with van der Waals surface area (Å²) in [4.78, 5) is 2.25.